The number of nitrogens with one attached hydrogen (secondary N) is 1. The van der Waals surface area contributed by atoms with Crippen LogP contribution >= 0.6 is 11.6 Å². The molecule has 0 fully saturated rings. The van der Waals surface area contributed by atoms with Crippen LogP contribution in [0.25, 0.3) is 5.69 Å². The molecular weight excluding hydrogens is 462 g/mol. The summed E-state index contributed by atoms with van der Waals surface area (Å²) < 4.78 is 23.0. The third-order valence-corrected chi connectivity index (χ3v) is 5.27. The van der Waals surface area contributed by atoms with E-state index in [0.717, 1.165) is 5.56 Å². The van der Waals surface area contributed by atoms with Crippen molar-refractivity contribution in [3.05, 3.63) is 63.4 Å². The molecule has 0 spiro atoms. The van der Waals surface area contributed by atoms with Crippen molar-refractivity contribution < 1.29 is 23.7 Å². The molecule has 3 rings (SSSR count). The standard InChI is InChI=1S/C24H26ClN3O6/c1-6-18(24(30)26-16-12-19(31-3)23(33-5)20(13-16)32-4)34-21-9-10-22(29)28(27-21)17-11-15(25)8-7-14(17)2/h7-13,18H,6H2,1-5H3,(H,26,30). The molecule has 1 unspecified atom stereocenters. The zero-order valence-electron chi connectivity index (χ0n) is 19.5. The third kappa shape index (κ3) is 5.43. The third-order valence-electron chi connectivity index (χ3n) is 5.03. The maximum atomic E-state index is 13.0. The normalized spacial score (nSPS) is 11.5. The molecule has 3 aromatic rings. The Bertz CT molecular complexity index is 1220. The van der Waals surface area contributed by atoms with Crippen LogP contribution in [0.15, 0.2) is 47.3 Å². The molecule has 0 saturated heterocycles. The van der Waals surface area contributed by atoms with Crippen LogP contribution in [-0.4, -0.2) is 43.1 Å². The molecule has 1 amide bonds. The van der Waals surface area contributed by atoms with Crippen LogP contribution in [-0.2, 0) is 4.79 Å². The number of ether oxygens (including phenoxy) is 4. The Balaban J connectivity index is 1.85. The van der Waals surface area contributed by atoms with E-state index in [1.807, 2.05) is 6.92 Å². The van der Waals surface area contributed by atoms with E-state index < -0.39 is 12.0 Å². The number of benzene rings is 2. The SMILES string of the molecule is CCC(Oc1ccc(=O)n(-c2cc(Cl)ccc2C)n1)C(=O)Nc1cc(OC)c(OC)c(OC)c1. The Morgan fingerprint density at radius 2 is 1.74 bits per heavy atom. The molecule has 10 heteroatoms. The highest BCUT2D eigenvalue weighted by molar-refractivity contribution is 6.30. The highest BCUT2D eigenvalue weighted by Crippen LogP contribution is 2.40. The van der Waals surface area contributed by atoms with Crippen LogP contribution in [0.1, 0.15) is 18.9 Å². The van der Waals surface area contributed by atoms with Crippen molar-refractivity contribution in [2.45, 2.75) is 26.4 Å². The summed E-state index contributed by atoms with van der Waals surface area (Å²) in [5.74, 6) is 0.920. The Morgan fingerprint density at radius 1 is 1.06 bits per heavy atom. The van der Waals surface area contributed by atoms with Crippen LogP contribution in [0, 0.1) is 6.92 Å². The summed E-state index contributed by atoms with van der Waals surface area (Å²) in [4.78, 5) is 25.4. The summed E-state index contributed by atoms with van der Waals surface area (Å²) in [6, 6.07) is 11.1. The minimum atomic E-state index is -0.877. The number of hydrogen-bond donors (Lipinski definition) is 1. The predicted octanol–water partition coefficient (Wildman–Crippen LogP) is 4.02. The van der Waals surface area contributed by atoms with E-state index in [0.29, 0.717) is 40.1 Å². The van der Waals surface area contributed by atoms with Crippen molar-refractivity contribution in [1.29, 1.82) is 0 Å². The quantitative estimate of drug-likeness (QED) is 0.486. The van der Waals surface area contributed by atoms with Crippen molar-refractivity contribution in [2.75, 3.05) is 26.6 Å². The first-order valence-electron chi connectivity index (χ1n) is 10.5. The number of aromatic nitrogens is 2. The fourth-order valence-electron chi connectivity index (χ4n) is 3.28. The average Bonchev–Trinajstić information content (AvgIpc) is 2.84. The average molecular weight is 488 g/mol. The minimum Gasteiger partial charge on any atom is -0.493 e. The van der Waals surface area contributed by atoms with Crippen LogP contribution in [0.5, 0.6) is 23.1 Å². The number of carbonyl (C=O) groups excluding carboxylic acids is 1. The fraction of sp³-hybridized carbons (Fsp3) is 0.292. The molecule has 0 radical (unpaired) electrons. The van der Waals surface area contributed by atoms with Gasteiger partial charge in [0.1, 0.15) is 0 Å². The number of rotatable bonds is 9. The number of aryl methyl sites for hydroxylation is 1. The first-order valence-corrected chi connectivity index (χ1v) is 10.8. The van der Waals surface area contributed by atoms with E-state index in [4.69, 9.17) is 30.5 Å². The second-order valence-corrected chi connectivity index (χ2v) is 7.71. The van der Waals surface area contributed by atoms with Crippen molar-refractivity contribution in [3.63, 3.8) is 0 Å². The van der Waals surface area contributed by atoms with Gasteiger partial charge in [0.2, 0.25) is 11.6 Å². The minimum absolute atomic E-state index is 0.117. The molecule has 0 aliphatic rings. The van der Waals surface area contributed by atoms with Gasteiger partial charge in [-0.1, -0.05) is 24.6 Å². The molecule has 1 atom stereocenters. The van der Waals surface area contributed by atoms with Gasteiger partial charge in [-0.05, 0) is 31.0 Å². The number of halogens is 1. The summed E-state index contributed by atoms with van der Waals surface area (Å²) >= 11 is 6.09. The molecule has 1 heterocycles. The van der Waals surface area contributed by atoms with Gasteiger partial charge in [0.25, 0.3) is 11.5 Å². The van der Waals surface area contributed by atoms with Gasteiger partial charge < -0.3 is 24.3 Å². The van der Waals surface area contributed by atoms with Crippen LogP contribution in [0.2, 0.25) is 5.02 Å². The maximum absolute atomic E-state index is 13.0. The zero-order valence-corrected chi connectivity index (χ0v) is 20.3. The zero-order chi connectivity index (χ0) is 24.8. The van der Waals surface area contributed by atoms with Gasteiger partial charge in [0.05, 0.1) is 27.0 Å². The molecule has 0 aliphatic carbocycles. The molecule has 1 aromatic heterocycles. The summed E-state index contributed by atoms with van der Waals surface area (Å²) in [6.45, 7) is 3.64. The second-order valence-electron chi connectivity index (χ2n) is 7.27. The molecule has 0 aliphatic heterocycles. The topological polar surface area (TPSA) is 101 Å². The van der Waals surface area contributed by atoms with Crippen molar-refractivity contribution in [2.24, 2.45) is 0 Å². The molecule has 34 heavy (non-hydrogen) atoms. The number of methoxy groups -OCH3 is 3. The number of carbonyl (C=O) groups is 1. The summed E-state index contributed by atoms with van der Waals surface area (Å²) in [5.41, 5.74) is 1.42. The Kier molecular flexibility index (Phi) is 8.01. The number of hydrogen-bond acceptors (Lipinski definition) is 7. The van der Waals surface area contributed by atoms with Gasteiger partial charge in [-0.2, -0.15) is 4.68 Å². The Hall–Kier alpha value is -3.72. The lowest BCUT2D eigenvalue weighted by molar-refractivity contribution is -0.123. The summed E-state index contributed by atoms with van der Waals surface area (Å²) in [7, 11) is 4.48. The van der Waals surface area contributed by atoms with Gasteiger partial charge in [0, 0.05) is 35.0 Å². The van der Waals surface area contributed by atoms with Crippen LogP contribution in [0.3, 0.4) is 0 Å². The molecule has 9 nitrogen and oxygen atoms in total. The monoisotopic (exact) mass is 487 g/mol. The molecule has 180 valence electrons. The van der Waals surface area contributed by atoms with Crippen LogP contribution < -0.4 is 29.8 Å². The van der Waals surface area contributed by atoms with Crippen LogP contribution in [0.4, 0.5) is 5.69 Å². The molecule has 1 N–H and O–H groups in total. The summed E-state index contributed by atoms with van der Waals surface area (Å²) in [5, 5.41) is 7.55. The van der Waals surface area contributed by atoms with E-state index >= 15 is 0 Å². The Labute approximate surface area is 202 Å². The highest BCUT2D eigenvalue weighted by atomic mass is 35.5. The first-order chi connectivity index (χ1) is 16.3. The van der Waals surface area contributed by atoms with Gasteiger partial charge in [-0.15, -0.1) is 5.10 Å². The number of amides is 1. The highest BCUT2D eigenvalue weighted by Gasteiger charge is 2.22. The lowest BCUT2D eigenvalue weighted by atomic mass is 10.2. The molecule has 2 aromatic carbocycles. The van der Waals surface area contributed by atoms with Gasteiger partial charge in [-0.3, -0.25) is 9.59 Å². The number of nitrogens with zero attached hydrogens (tertiary/aromatic N) is 2. The smallest absolute Gasteiger partial charge is 0.271 e. The predicted molar refractivity (Wildman–Crippen MR) is 129 cm³/mol. The Morgan fingerprint density at radius 3 is 2.32 bits per heavy atom. The molecule has 0 bridgehead atoms. The lowest BCUT2D eigenvalue weighted by Gasteiger charge is -2.19. The van der Waals surface area contributed by atoms with E-state index in [1.54, 1.807) is 37.3 Å². The molecule has 0 saturated carbocycles. The second kappa shape index (κ2) is 10.9. The summed E-state index contributed by atoms with van der Waals surface area (Å²) in [6.07, 6.45) is -0.522. The number of anilines is 1. The van der Waals surface area contributed by atoms with Gasteiger partial charge >= 0.3 is 0 Å². The van der Waals surface area contributed by atoms with Gasteiger partial charge in [-0.25, -0.2) is 0 Å². The maximum Gasteiger partial charge on any atom is 0.271 e. The van der Waals surface area contributed by atoms with E-state index in [9.17, 15) is 9.59 Å². The van der Waals surface area contributed by atoms with Crippen molar-refractivity contribution >= 4 is 23.2 Å². The molecular formula is C24H26ClN3O6. The van der Waals surface area contributed by atoms with E-state index in [-0.39, 0.29) is 11.4 Å². The van der Waals surface area contributed by atoms with E-state index in [2.05, 4.69) is 10.4 Å². The van der Waals surface area contributed by atoms with Crippen molar-refractivity contribution in [3.8, 4) is 28.8 Å². The largest absolute Gasteiger partial charge is 0.493 e. The van der Waals surface area contributed by atoms with E-state index in [1.165, 1.54) is 38.1 Å². The van der Waals surface area contributed by atoms with Gasteiger partial charge in [0.15, 0.2) is 17.6 Å². The fourth-order valence-corrected chi connectivity index (χ4v) is 3.45. The first kappa shape index (κ1) is 24.9. The van der Waals surface area contributed by atoms with Crippen molar-refractivity contribution in [1.82, 2.24) is 9.78 Å². The lowest BCUT2D eigenvalue weighted by Crippen LogP contribution is -2.33.